The van der Waals surface area contributed by atoms with Crippen LogP contribution >= 0.6 is 0 Å². The van der Waals surface area contributed by atoms with Crippen LogP contribution in [0.5, 0.6) is 0 Å². The highest BCUT2D eigenvalue weighted by Crippen LogP contribution is 2.30. The minimum atomic E-state index is -0.909. The lowest BCUT2D eigenvalue weighted by Gasteiger charge is -2.10. The lowest BCUT2D eigenvalue weighted by Crippen LogP contribution is -1.98. The molecule has 0 aliphatic carbocycles. The third-order valence-electron chi connectivity index (χ3n) is 5.64. The van der Waals surface area contributed by atoms with Crippen LogP contribution < -0.4 is 0 Å². The predicted molar refractivity (Wildman–Crippen MR) is 119 cm³/mol. The molecule has 4 aromatic carbocycles. The predicted octanol–water partition coefficient (Wildman–Crippen LogP) is 7.04. The van der Waals surface area contributed by atoms with E-state index in [9.17, 15) is 13.2 Å². The molecule has 0 heterocycles. The summed E-state index contributed by atoms with van der Waals surface area (Å²) >= 11 is 0. The largest absolute Gasteiger partial charge is 0.384 e. The van der Waals surface area contributed by atoms with Crippen molar-refractivity contribution < 1.29 is 22.3 Å². The molecule has 0 fully saturated rings. The van der Waals surface area contributed by atoms with Gasteiger partial charge >= 0.3 is 0 Å². The Balaban J connectivity index is 1.57. The number of halogens is 4. The van der Waals surface area contributed by atoms with Crippen molar-refractivity contribution >= 4 is 10.8 Å². The molecule has 0 aliphatic heterocycles. The SMILES string of the molecule is COCCc1ccc(-c2ccc3c(F)c(CCc4ccc(F)c(F)c4)ccc3c2)c(F)c1. The fourth-order valence-corrected chi connectivity index (χ4v) is 3.84. The number of hydrogen-bond acceptors (Lipinski definition) is 1. The zero-order chi connectivity index (χ0) is 22.7. The van der Waals surface area contributed by atoms with Crippen LogP contribution in [-0.2, 0) is 24.0 Å². The maximum atomic E-state index is 15.1. The second-order valence-electron chi connectivity index (χ2n) is 7.78. The van der Waals surface area contributed by atoms with Crippen LogP contribution in [0.2, 0.25) is 0 Å². The van der Waals surface area contributed by atoms with E-state index in [-0.39, 0.29) is 11.6 Å². The summed E-state index contributed by atoms with van der Waals surface area (Å²) in [5.41, 5.74) is 3.07. The monoisotopic (exact) mass is 438 g/mol. The third kappa shape index (κ3) is 4.68. The Labute approximate surface area is 184 Å². The molecule has 0 aliphatic rings. The Hall–Kier alpha value is -3.18. The molecule has 0 N–H and O–H groups in total. The minimum Gasteiger partial charge on any atom is -0.384 e. The van der Waals surface area contributed by atoms with E-state index in [1.54, 1.807) is 43.5 Å². The number of hydrogen-bond donors (Lipinski definition) is 0. The molecule has 4 aromatic rings. The second-order valence-corrected chi connectivity index (χ2v) is 7.78. The second kappa shape index (κ2) is 9.53. The van der Waals surface area contributed by atoms with Crippen molar-refractivity contribution in [2.24, 2.45) is 0 Å². The van der Waals surface area contributed by atoms with Gasteiger partial charge < -0.3 is 4.74 Å². The lowest BCUT2D eigenvalue weighted by molar-refractivity contribution is 0.202. The van der Waals surface area contributed by atoms with Crippen LogP contribution in [0.25, 0.3) is 21.9 Å². The van der Waals surface area contributed by atoms with E-state index in [0.717, 1.165) is 17.7 Å². The maximum Gasteiger partial charge on any atom is 0.159 e. The van der Waals surface area contributed by atoms with Crippen molar-refractivity contribution in [3.63, 3.8) is 0 Å². The first-order valence-electron chi connectivity index (χ1n) is 10.4. The van der Waals surface area contributed by atoms with Crippen LogP contribution in [0.1, 0.15) is 16.7 Å². The smallest absolute Gasteiger partial charge is 0.159 e. The van der Waals surface area contributed by atoms with Gasteiger partial charge in [0, 0.05) is 18.1 Å². The number of aryl methyl sites for hydroxylation is 2. The van der Waals surface area contributed by atoms with E-state index >= 15 is 4.39 Å². The summed E-state index contributed by atoms with van der Waals surface area (Å²) in [5, 5.41) is 1.10. The zero-order valence-corrected chi connectivity index (χ0v) is 17.6. The molecule has 32 heavy (non-hydrogen) atoms. The Morgan fingerprint density at radius 1 is 0.656 bits per heavy atom. The molecule has 0 radical (unpaired) electrons. The standard InChI is InChI=1S/C27H22F4O/c1-32-13-12-18-3-9-22(25(29)14-18)20-8-10-23-21(16-20)7-6-19(27(23)31)5-2-17-4-11-24(28)26(30)15-17/h3-4,6-11,14-16H,2,5,12-13H2,1H3. The molecule has 5 heteroatoms. The zero-order valence-electron chi connectivity index (χ0n) is 17.6. The molecule has 0 spiro atoms. The first-order chi connectivity index (χ1) is 15.5. The third-order valence-corrected chi connectivity index (χ3v) is 5.64. The van der Waals surface area contributed by atoms with Gasteiger partial charge in [0.2, 0.25) is 0 Å². The number of ether oxygens (including phenoxy) is 1. The molecule has 4 rings (SSSR count). The minimum absolute atomic E-state index is 0.332. The van der Waals surface area contributed by atoms with Gasteiger partial charge in [-0.15, -0.1) is 0 Å². The van der Waals surface area contributed by atoms with Gasteiger partial charge in [0.1, 0.15) is 11.6 Å². The van der Waals surface area contributed by atoms with E-state index in [0.29, 0.717) is 58.9 Å². The van der Waals surface area contributed by atoms with Crippen molar-refractivity contribution in [2.75, 3.05) is 13.7 Å². The van der Waals surface area contributed by atoms with Crippen LogP contribution in [0.4, 0.5) is 17.6 Å². The first-order valence-corrected chi connectivity index (χ1v) is 10.4. The molecule has 1 nitrogen and oxygen atoms in total. The summed E-state index contributed by atoms with van der Waals surface area (Å²) in [5.74, 6) is -2.50. The van der Waals surface area contributed by atoms with Crippen LogP contribution in [0.15, 0.2) is 66.7 Å². The summed E-state index contributed by atoms with van der Waals surface area (Å²) in [4.78, 5) is 0. The topological polar surface area (TPSA) is 9.23 Å². The van der Waals surface area contributed by atoms with Crippen LogP contribution in [0.3, 0.4) is 0 Å². The quantitative estimate of drug-likeness (QED) is 0.281. The summed E-state index contributed by atoms with van der Waals surface area (Å²) in [7, 11) is 1.60. The summed E-state index contributed by atoms with van der Waals surface area (Å²) in [6.07, 6.45) is 1.37. The van der Waals surface area contributed by atoms with E-state index < -0.39 is 11.6 Å². The highest BCUT2D eigenvalue weighted by Gasteiger charge is 2.12. The Bertz CT molecular complexity index is 1270. The van der Waals surface area contributed by atoms with Crippen LogP contribution in [-0.4, -0.2) is 13.7 Å². The number of methoxy groups -OCH3 is 1. The average Bonchev–Trinajstić information content (AvgIpc) is 2.79. The first kappa shape index (κ1) is 22.0. The molecule has 0 atom stereocenters. The van der Waals surface area contributed by atoms with Gasteiger partial charge in [-0.1, -0.05) is 42.5 Å². The number of fused-ring (bicyclic) bond motifs is 1. The van der Waals surface area contributed by atoms with Crippen molar-refractivity contribution in [2.45, 2.75) is 19.3 Å². The van der Waals surface area contributed by atoms with Gasteiger partial charge in [-0.25, -0.2) is 17.6 Å². The highest BCUT2D eigenvalue weighted by atomic mass is 19.2. The molecule has 0 aromatic heterocycles. The van der Waals surface area contributed by atoms with Gasteiger partial charge in [-0.2, -0.15) is 0 Å². The van der Waals surface area contributed by atoms with Gasteiger partial charge in [0.15, 0.2) is 11.6 Å². The lowest BCUT2D eigenvalue weighted by atomic mass is 9.96. The maximum absolute atomic E-state index is 15.1. The fraction of sp³-hybridized carbons (Fsp3) is 0.185. The molecule has 0 unspecified atom stereocenters. The Morgan fingerprint density at radius 3 is 2.16 bits per heavy atom. The Morgan fingerprint density at radius 2 is 1.41 bits per heavy atom. The van der Waals surface area contributed by atoms with Gasteiger partial charge in [-0.3, -0.25) is 0 Å². The molecule has 0 bridgehead atoms. The van der Waals surface area contributed by atoms with Crippen molar-refractivity contribution in [3.05, 3.63) is 107 Å². The van der Waals surface area contributed by atoms with Gasteiger partial charge in [0.05, 0.1) is 6.61 Å². The molecule has 164 valence electrons. The number of benzene rings is 4. The molecule has 0 saturated carbocycles. The van der Waals surface area contributed by atoms with E-state index in [1.165, 1.54) is 12.1 Å². The highest BCUT2D eigenvalue weighted by molar-refractivity contribution is 5.88. The van der Waals surface area contributed by atoms with Crippen molar-refractivity contribution in [3.8, 4) is 11.1 Å². The average molecular weight is 438 g/mol. The fourth-order valence-electron chi connectivity index (χ4n) is 3.84. The molecular weight excluding hydrogens is 416 g/mol. The summed E-state index contributed by atoms with van der Waals surface area (Å²) < 4.78 is 61.2. The van der Waals surface area contributed by atoms with Gasteiger partial charge in [0.25, 0.3) is 0 Å². The number of rotatable bonds is 7. The van der Waals surface area contributed by atoms with E-state index in [4.69, 9.17) is 4.74 Å². The van der Waals surface area contributed by atoms with Crippen molar-refractivity contribution in [1.82, 2.24) is 0 Å². The van der Waals surface area contributed by atoms with E-state index in [2.05, 4.69) is 0 Å². The van der Waals surface area contributed by atoms with Crippen LogP contribution in [0, 0.1) is 23.3 Å². The van der Waals surface area contributed by atoms with E-state index in [1.807, 2.05) is 6.07 Å². The summed E-state index contributed by atoms with van der Waals surface area (Å²) in [6.45, 7) is 0.520. The normalized spacial score (nSPS) is 11.3. The molecule has 0 saturated heterocycles. The molecule has 0 amide bonds. The van der Waals surface area contributed by atoms with Crippen molar-refractivity contribution in [1.29, 1.82) is 0 Å². The van der Waals surface area contributed by atoms with Gasteiger partial charge in [-0.05, 0) is 71.2 Å². The molecular formula is C27H22F4O. The Kier molecular flexibility index (Phi) is 6.56. The summed E-state index contributed by atoms with van der Waals surface area (Å²) in [6, 6.07) is 17.4.